The molecule has 0 saturated heterocycles. The first-order valence-electron chi connectivity index (χ1n) is 8.91. The molecule has 0 aliphatic carbocycles. The molecule has 140 valence electrons. The summed E-state index contributed by atoms with van der Waals surface area (Å²) in [6, 6.07) is 12.7. The van der Waals surface area contributed by atoms with Crippen LogP contribution in [0.5, 0.6) is 11.5 Å². The molecular weight excluding hydrogens is 395 g/mol. The monoisotopic (exact) mass is 417 g/mol. The summed E-state index contributed by atoms with van der Waals surface area (Å²) in [5.74, 6) is 1.82. The summed E-state index contributed by atoms with van der Waals surface area (Å²) in [6.07, 6.45) is 0. The maximum atomic E-state index is 5.40. The summed E-state index contributed by atoms with van der Waals surface area (Å²) in [4.78, 5) is 0. The number of hydrogen-bond donors (Lipinski definition) is 0. The van der Waals surface area contributed by atoms with Crippen LogP contribution in [0.1, 0.15) is 13.8 Å². The standard InChI is InChI=1S/C20H22N2O2PS2/c1-5-21-15-9-7-13(23-3)11-17(15)26-19(21)25-20-22(6-2)16-10-8-14(24-4)12-18(16)27-20/h7-12H,5-6H2,1-4H3/q+1. The first-order valence-corrected chi connectivity index (χ1v) is 11.4. The van der Waals surface area contributed by atoms with Crippen LogP contribution in [0.15, 0.2) is 36.4 Å². The van der Waals surface area contributed by atoms with E-state index in [4.69, 9.17) is 9.47 Å². The van der Waals surface area contributed by atoms with Crippen LogP contribution < -0.4 is 9.47 Å². The van der Waals surface area contributed by atoms with Gasteiger partial charge in [-0.25, -0.2) is 0 Å². The topological polar surface area (TPSA) is 28.3 Å². The quantitative estimate of drug-likeness (QED) is 0.355. The van der Waals surface area contributed by atoms with E-state index in [1.807, 2.05) is 34.8 Å². The van der Waals surface area contributed by atoms with Crippen molar-refractivity contribution in [1.82, 2.24) is 9.13 Å². The molecule has 4 rings (SSSR count). The Balaban J connectivity index is 2.11. The Hall–Kier alpha value is -1.75. The van der Waals surface area contributed by atoms with Gasteiger partial charge < -0.3 is 0 Å². The van der Waals surface area contributed by atoms with E-state index in [9.17, 15) is 0 Å². The Labute approximate surface area is 167 Å². The third-order valence-electron chi connectivity index (χ3n) is 4.60. The molecule has 2 aromatic heterocycles. The number of ether oxygens (including phenoxy) is 2. The summed E-state index contributed by atoms with van der Waals surface area (Å²) in [5.41, 5.74) is 2.55. The van der Waals surface area contributed by atoms with E-state index >= 15 is 0 Å². The molecule has 2 heterocycles. The zero-order valence-corrected chi connectivity index (χ0v) is 18.4. The van der Waals surface area contributed by atoms with Crippen LogP contribution in [0.2, 0.25) is 0 Å². The maximum absolute atomic E-state index is 5.40. The van der Waals surface area contributed by atoms with Gasteiger partial charge in [-0.15, -0.1) is 0 Å². The predicted molar refractivity (Wildman–Crippen MR) is 117 cm³/mol. The molecular formula is C20H22N2O2PS2+. The van der Waals surface area contributed by atoms with Crippen LogP contribution in [0.25, 0.3) is 20.4 Å². The minimum atomic E-state index is 0.910. The summed E-state index contributed by atoms with van der Waals surface area (Å²) in [5, 5.41) is 0. The van der Waals surface area contributed by atoms with Gasteiger partial charge in [0.15, 0.2) is 0 Å². The molecule has 0 bridgehead atoms. The van der Waals surface area contributed by atoms with Crippen LogP contribution in [-0.4, -0.2) is 23.4 Å². The molecule has 0 atom stereocenters. The molecule has 0 radical (unpaired) electrons. The van der Waals surface area contributed by atoms with Crippen LogP contribution >= 0.6 is 30.5 Å². The fraction of sp³-hybridized carbons (Fsp3) is 0.300. The van der Waals surface area contributed by atoms with Gasteiger partial charge in [0, 0.05) is 0 Å². The average Bonchev–Trinajstić information content (AvgIpc) is 3.22. The fourth-order valence-corrected chi connectivity index (χ4v) is 7.76. The van der Waals surface area contributed by atoms with Crippen molar-refractivity contribution < 1.29 is 9.47 Å². The molecule has 0 aliphatic rings. The Morgan fingerprint density at radius 2 is 1.22 bits per heavy atom. The van der Waals surface area contributed by atoms with Crippen molar-refractivity contribution in [2.24, 2.45) is 0 Å². The predicted octanol–water partition coefficient (Wildman–Crippen LogP) is 6.49. The first-order chi connectivity index (χ1) is 13.2. The molecule has 0 N–H and O–H groups in total. The van der Waals surface area contributed by atoms with Crippen LogP contribution in [0.4, 0.5) is 0 Å². The van der Waals surface area contributed by atoms with E-state index < -0.39 is 0 Å². The van der Waals surface area contributed by atoms with E-state index in [1.54, 1.807) is 14.2 Å². The van der Waals surface area contributed by atoms with E-state index in [2.05, 4.69) is 47.2 Å². The molecule has 7 heteroatoms. The number of thiazole rings is 2. The zero-order chi connectivity index (χ0) is 19.0. The normalized spacial score (nSPS) is 11.3. The number of fused-ring (bicyclic) bond motifs is 2. The van der Waals surface area contributed by atoms with Gasteiger partial charge in [-0.2, -0.15) is 0 Å². The van der Waals surface area contributed by atoms with Gasteiger partial charge >= 0.3 is 167 Å². The van der Waals surface area contributed by atoms with Gasteiger partial charge in [0.2, 0.25) is 0 Å². The van der Waals surface area contributed by atoms with Gasteiger partial charge in [0.25, 0.3) is 0 Å². The van der Waals surface area contributed by atoms with Gasteiger partial charge in [-0.1, -0.05) is 0 Å². The van der Waals surface area contributed by atoms with E-state index in [1.165, 1.54) is 37.0 Å². The number of methoxy groups -OCH3 is 2. The molecule has 0 aliphatic heterocycles. The van der Waals surface area contributed by atoms with Gasteiger partial charge in [0.05, 0.1) is 0 Å². The van der Waals surface area contributed by atoms with Crippen molar-refractivity contribution in [2.75, 3.05) is 14.2 Å². The van der Waals surface area contributed by atoms with Crippen molar-refractivity contribution in [3.63, 3.8) is 0 Å². The number of hydrogen-bond acceptors (Lipinski definition) is 4. The fourth-order valence-electron chi connectivity index (χ4n) is 3.22. The van der Waals surface area contributed by atoms with Gasteiger partial charge in [0.1, 0.15) is 0 Å². The summed E-state index contributed by atoms with van der Waals surface area (Å²) >= 11 is 3.70. The molecule has 4 nitrogen and oxygen atoms in total. The van der Waals surface area contributed by atoms with Crippen molar-refractivity contribution in [2.45, 2.75) is 26.9 Å². The Morgan fingerprint density at radius 3 is 1.59 bits per heavy atom. The van der Waals surface area contributed by atoms with Crippen molar-refractivity contribution in [3.8, 4) is 11.5 Å². The van der Waals surface area contributed by atoms with Gasteiger partial charge in [-0.3, -0.25) is 0 Å². The molecule has 0 amide bonds. The van der Waals surface area contributed by atoms with E-state index in [0.717, 1.165) is 24.6 Å². The van der Waals surface area contributed by atoms with E-state index in [0.29, 0.717) is 0 Å². The molecule has 2 aromatic carbocycles. The third kappa shape index (κ3) is 3.31. The molecule has 0 spiro atoms. The number of aryl methyl sites for hydroxylation is 2. The van der Waals surface area contributed by atoms with Crippen molar-refractivity contribution in [1.29, 1.82) is 0 Å². The molecule has 0 fully saturated rings. The third-order valence-corrected chi connectivity index (χ3v) is 8.46. The SMILES string of the molecule is CCn1c(=[P+]=c2sc3cc(OC)ccc3n2CC)sc2cc(OC)ccc21. The second-order valence-corrected chi connectivity index (χ2v) is 9.77. The molecule has 4 aromatic rings. The molecule has 27 heavy (non-hydrogen) atoms. The van der Waals surface area contributed by atoms with E-state index in [-0.39, 0.29) is 0 Å². The van der Waals surface area contributed by atoms with Crippen LogP contribution in [0, 0.1) is 8.77 Å². The van der Waals surface area contributed by atoms with Crippen molar-refractivity contribution in [3.05, 3.63) is 45.2 Å². The second-order valence-electron chi connectivity index (χ2n) is 6.04. The number of aromatic nitrogens is 2. The summed E-state index contributed by atoms with van der Waals surface area (Å²) in [6.45, 7) is 6.33. The van der Waals surface area contributed by atoms with Crippen LogP contribution in [0.3, 0.4) is 0 Å². The minimum absolute atomic E-state index is 0.910. The average molecular weight is 418 g/mol. The summed E-state index contributed by atoms with van der Waals surface area (Å²) < 4.78 is 20.9. The molecule has 0 saturated carbocycles. The Bertz CT molecular complexity index is 1180. The number of nitrogens with zero attached hydrogens (tertiary/aromatic N) is 2. The van der Waals surface area contributed by atoms with Crippen LogP contribution in [-0.2, 0) is 13.1 Å². The zero-order valence-electron chi connectivity index (χ0n) is 15.9. The Morgan fingerprint density at radius 1 is 0.778 bits per heavy atom. The molecule has 0 unspecified atom stereocenters. The number of benzene rings is 2. The first kappa shape index (κ1) is 18.6. The summed E-state index contributed by atoms with van der Waals surface area (Å²) in [7, 11) is 4.68. The van der Waals surface area contributed by atoms with Crippen molar-refractivity contribution >= 4 is 50.9 Å². The van der Waals surface area contributed by atoms with Gasteiger partial charge in [-0.05, 0) is 0 Å². The number of rotatable bonds is 4. The second kappa shape index (κ2) is 7.70. The Kier molecular flexibility index (Phi) is 5.31.